The molecular formula is C90H146. The Labute approximate surface area is 584 Å². The molecular weight excluding hydrogens is 1080 g/mol. The number of rotatable bonds is 4. The van der Waals surface area contributed by atoms with Gasteiger partial charge in [-0.2, -0.15) is 0 Å². The third-order valence-corrected chi connectivity index (χ3v) is 18.5. The van der Waals surface area contributed by atoms with E-state index in [0.717, 1.165) is 54.3 Å². The second kappa shape index (κ2) is 50.8. The van der Waals surface area contributed by atoms with Crippen LogP contribution in [0.25, 0.3) is 0 Å². The third kappa shape index (κ3) is 43.2. The van der Waals surface area contributed by atoms with Gasteiger partial charge in [-0.1, -0.05) is 333 Å². The molecule has 0 heterocycles. The van der Waals surface area contributed by atoms with E-state index in [1.807, 2.05) is 18.2 Å². The lowest BCUT2D eigenvalue weighted by Gasteiger charge is -2.53. The first-order chi connectivity index (χ1) is 48.4. The average Bonchev–Trinajstić information content (AvgIpc) is 0.917. The second-order valence-corrected chi connectivity index (χ2v) is 27.8. The van der Waals surface area contributed by atoms with Gasteiger partial charge in [-0.25, -0.2) is 0 Å². The van der Waals surface area contributed by atoms with Crippen LogP contribution in [0.15, 0.2) is 133 Å². The molecule has 0 aliphatic heterocycles. The molecule has 0 saturated heterocycles. The predicted molar refractivity (Wildman–Crippen MR) is 411 cm³/mol. The average molecular weight is 1240 g/mol. The summed E-state index contributed by atoms with van der Waals surface area (Å²) in [5, 5.41) is 0. The standard InChI is InChI=1S/C11H18.C10H14.C9H12.3C8H10.C7H14.C7H8.C6H12.C6H14.2C5H12/c1-7-10-3-8-2-9(5-10)6-11(7)4-8;1-7-5-8(2)10(4)9(3)6-7;1-7-5-4-6-8(2)9(7)3;1-7-3-5-8(2)6-4-7;1-7-4-3-5-8(2)6-7;1-7-5-3-4-6-8(7)2;2*1-7-5-3-2-4-6-7;1-6-4-2-3-5-6;1-4-5-6(2)3;2*1-4-5(2)3/h7-11H,2-6H2,1H3;5-6H,1-4H3;4-6H,1-3H3;3*3-6H,1-2H3;7H,2-6H2,1H3;2-6H,1H3;6H,2-5H2,1H3;6H,4-5H2,1-3H3;2*5H,4H2,1-3H3/i;;;;;;;;;;2D3,3D3,4D2,5D;2D3,3D3. The molecule has 6 aliphatic rings. The first-order valence-corrected chi connectivity index (χ1v) is 35.1. The van der Waals surface area contributed by atoms with Crippen molar-refractivity contribution in [1.29, 1.82) is 0 Å². The normalized spacial score (nSPS) is 21.3. The minimum absolute atomic E-state index is 0.160. The smallest absolute Gasteiger partial charge is 0.0297 e. The SMILES string of the molecule is CC1C2CC3CC(C2)CC1C3.CC1CCCC1.CC1CCCCC1.CCCC(C)C.Cc1cc(C)c(C)c(C)c1.Cc1ccc(C)cc1.Cc1cccc(C)c1.Cc1cccc(C)c1C.Cc1ccccc1.Cc1ccccc1C.[2H]C([2H])([2H])C(CC)C([2H])([2H])[2H].[2H]C([2H])([2H])C([2H])(C([2H])([2H])[2H])C([2H])([2H])C. The molecule has 0 nitrogen and oxygen atoms in total. The maximum absolute atomic E-state index is 7.38. The van der Waals surface area contributed by atoms with Crippen LogP contribution >= 0.6 is 0 Å². The lowest BCUT2D eigenvalue weighted by atomic mass is 9.52. The Kier molecular flexibility index (Phi) is 34.7. The van der Waals surface area contributed by atoms with Gasteiger partial charge in [0.05, 0.1) is 0 Å². The molecule has 0 unspecified atom stereocenters. The van der Waals surface area contributed by atoms with Crippen LogP contribution in [0.2, 0.25) is 0 Å². The summed E-state index contributed by atoms with van der Waals surface area (Å²) in [6.45, 7) is 35.0. The Hall–Kier alpha value is -4.68. The van der Waals surface area contributed by atoms with Gasteiger partial charge in [0.25, 0.3) is 0 Å². The molecule has 0 spiro atoms. The predicted octanol–water partition coefficient (Wildman–Crippen LogP) is 28.8. The van der Waals surface area contributed by atoms with E-state index in [2.05, 4.69) is 254 Å². The van der Waals surface area contributed by atoms with Crippen molar-refractivity contribution in [1.82, 2.24) is 0 Å². The number of aryl methyl sites for hydroxylation is 12. The maximum atomic E-state index is 7.38. The number of hydrogen-bond acceptors (Lipinski definition) is 0. The molecule has 6 aliphatic carbocycles. The van der Waals surface area contributed by atoms with Crippen LogP contribution in [0.4, 0.5) is 0 Å². The fraction of sp³-hybridized carbons (Fsp3) is 0.600. The van der Waals surface area contributed by atoms with Crippen molar-refractivity contribution in [2.45, 2.75) is 295 Å². The molecule has 6 saturated carbocycles. The molecule has 0 radical (unpaired) electrons. The van der Waals surface area contributed by atoms with Crippen LogP contribution in [0.5, 0.6) is 0 Å². The summed E-state index contributed by atoms with van der Waals surface area (Å²) < 4.78 is 105. The molecule has 0 N–H and O–H groups in total. The molecule has 90 heavy (non-hydrogen) atoms. The molecule has 12 rings (SSSR count). The van der Waals surface area contributed by atoms with Gasteiger partial charge in [0.15, 0.2) is 0 Å². The van der Waals surface area contributed by atoms with Gasteiger partial charge in [-0.3, -0.25) is 0 Å². The summed E-state index contributed by atoms with van der Waals surface area (Å²) >= 11 is 0. The largest absolute Gasteiger partial charge is 0.0654 e. The monoisotopic (exact) mass is 1240 g/mol. The Bertz CT molecular complexity index is 3040. The van der Waals surface area contributed by atoms with Crippen molar-refractivity contribution >= 4 is 0 Å². The van der Waals surface area contributed by atoms with Gasteiger partial charge in [0.1, 0.15) is 0 Å². The van der Waals surface area contributed by atoms with Crippen LogP contribution < -0.4 is 0 Å². The van der Waals surface area contributed by atoms with Gasteiger partial charge < -0.3 is 0 Å². The fourth-order valence-electron chi connectivity index (χ4n) is 12.0. The van der Waals surface area contributed by atoms with E-state index in [9.17, 15) is 0 Å². The van der Waals surface area contributed by atoms with Gasteiger partial charge >= 0.3 is 0 Å². The van der Waals surface area contributed by atoms with E-state index in [4.69, 9.17) is 20.6 Å². The quantitative estimate of drug-likeness (QED) is 0.165. The van der Waals surface area contributed by atoms with Crippen LogP contribution in [-0.4, -0.2) is 0 Å². The zero-order valence-electron chi connectivity index (χ0n) is 76.9. The van der Waals surface area contributed by atoms with E-state index in [1.165, 1.54) is 149 Å². The van der Waals surface area contributed by atoms with Crippen molar-refractivity contribution in [3.8, 4) is 0 Å². The molecule has 0 aromatic heterocycles. The zero-order valence-corrected chi connectivity index (χ0v) is 61.9. The Morgan fingerprint density at radius 3 is 1.00 bits per heavy atom. The lowest BCUT2D eigenvalue weighted by molar-refractivity contribution is -0.0282. The highest BCUT2D eigenvalue weighted by atomic mass is 14.5. The van der Waals surface area contributed by atoms with Crippen LogP contribution in [-0.2, 0) is 0 Å². The van der Waals surface area contributed by atoms with Gasteiger partial charge in [-0.15, -0.1) is 0 Å². The molecule has 6 fully saturated rings. The zero-order chi connectivity index (χ0) is 80.9. The van der Waals surface area contributed by atoms with Crippen LogP contribution in [0, 0.1) is 156 Å². The lowest BCUT2D eigenvalue weighted by Crippen LogP contribution is -2.43. The summed E-state index contributed by atoms with van der Waals surface area (Å²) in [5.41, 5.74) is 19.2. The Morgan fingerprint density at radius 1 is 0.389 bits per heavy atom. The molecule has 4 bridgehead atoms. The van der Waals surface area contributed by atoms with Gasteiger partial charge in [0.2, 0.25) is 0 Å². The third-order valence-electron chi connectivity index (χ3n) is 18.5. The molecule has 0 atom stereocenters. The van der Waals surface area contributed by atoms with Crippen molar-refractivity contribution in [3.63, 3.8) is 0 Å². The first-order valence-electron chi connectivity index (χ1n) is 42.6. The first kappa shape index (κ1) is 61.5. The summed E-state index contributed by atoms with van der Waals surface area (Å²) in [4.78, 5) is 0. The molecule has 0 amide bonds. The summed E-state index contributed by atoms with van der Waals surface area (Å²) in [5.74, 6) is 4.39. The van der Waals surface area contributed by atoms with Gasteiger partial charge in [-0.05, 0) is 233 Å². The van der Waals surface area contributed by atoms with E-state index in [1.54, 1.807) is 39.0 Å². The Morgan fingerprint density at radius 2 is 0.756 bits per heavy atom. The van der Waals surface area contributed by atoms with Crippen LogP contribution in [0.3, 0.4) is 0 Å². The number of hydrogen-bond donors (Lipinski definition) is 0. The second-order valence-electron chi connectivity index (χ2n) is 27.8. The maximum Gasteiger partial charge on any atom is 0.0297 e. The minimum Gasteiger partial charge on any atom is -0.0654 e. The molecule has 6 aromatic carbocycles. The summed E-state index contributed by atoms with van der Waals surface area (Å²) in [6.07, 6.45) is 21.6. The molecule has 0 heteroatoms. The Balaban J connectivity index is 0.00000113. The fourth-order valence-corrected chi connectivity index (χ4v) is 12.0. The topological polar surface area (TPSA) is 0 Å². The number of benzene rings is 6. The van der Waals surface area contributed by atoms with E-state index in [0.29, 0.717) is 0 Å². The van der Waals surface area contributed by atoms with E-state index >= 15 is 0 Å². The van der Waals surface area contributed by atoms with E-state index < -0.39 is 45.6 Å². The highest BCUT2D eigenvalue weighted by Gasteiger charge is 2.46. The molecule has 6 aromatic rings. The van der Waals surface area contributed by atoms with Crippen molar-refractivity contribution < 1.29 is 20.6 Å². The van der Waals surface area contributed by atoms with Gasteiger partial charge in [0, 0.05) is 20.6 Å². The van der Waals surface area contributed by atoms with E-state index in [-0.39, 0.29) is 6.42 Å². The van der Waals surface area contributed by atoms with Crippen molar-refractivity contribution in [3.05, 3.63) is 211 Å². The minimum atomic E-state index is -3.20. The summed E-state index contributed by atoms with van der Waals surface area (Å²) in [6, 6.07) is 46.4. The molecule has 506 valence electrons. The highest BCUT2D eigenvalue weighted by molar-refractivity contribution is 5.36. The van der Waals surface area contributed by atoms with Crippen molar-refractivity contribution in [2.75, 3.05) is 0 Å². The van der Waals surface area contributed by atoms with Crippen LogP contribution in [0.1, 0.15) is 297 Å². The van der Waals surface area contributed by atoms with Crippen molar-refractivity contribution in [2.24, 2.45) is 59.2 Å². The summed E-state index contributed by atoms with van der Waals surface area (Å²) in [7, 11) is 0. The highest BCUT2D eigenvalue weighted by Crippen LogP contribution is 2.56.